The van der Waals surface area contributed by atoms with Crippen molar-refractivity contribution < 1.29 is 9.53 Å². The maximum Gasteiger partial charge on any atom is 0.384 e. The highest BCUT2D eigenvalue weighted by atomic mass is 16.6. The minimum atomic E-state index is -0.449. The maximum atomic E-state index is 11.3. The second-order valence-corrected chi connectivity index (χ2v) is 4.70. The van der Waals surface area contributed by atoms with E-state index >= 15 is 0 Å². The van der Waals surface area contributed by atoms with Crippen molar-refractivity contribution in [3.05, 3.63) is 0 Å². The van der Waals surface area contributed by atoms with Crippen LogP contribution >= 0.6 is 0 Å². The highest BCUT2D eigenvalue weighted by Crippen LogP contribution is 2.15. The zero-order chi connectivity index (χ0) is 11.5. The van der Waals surface area contributed by atoms with E-state index in [2.05, 4.69) is 23.7 Å². The molecule has 1 rings (SSSR count). The zero-order valence-electron chi connectivity index (χ0n) is 9.96. The van der Waals surface area contributed by atoms with Crippen molar-refractivity contribution >= 4 is 5.97 Å². The summed E-state index contributed by atoms with van der Waals surface area (Å²) in [5.74, 6) is 5.07. The third kappa shape index (κ3) is 3.93. The van der Waals surface area contributed by atoms with Crippen LogP contribution in [0.1, 0.15) is 34.1 Å². The fourth-order valence-corrected chi connectivity index (χ4v) is 1.43. The number of hydrogen-bond donors (Lipinski definition) is 0. The molecule has 1 atom stereocenters. The predicted octanol–water partition coefficient (Wildman–Crippen LogP) is 1.43. The molecule has 0 aliphatic carbocycles. The molecule has 0 bridgehead atoms. The highest BCUT2D eigenvalue weighted by molar-refractivity contribution is 5.88. The van der Waals surface area contributed by atoms with Crippen LogP contribution in [0.4, 0.5) is 0 Å². The van der Waals surface area contributed by atoms with Crippen LogP contribution in [0.2, 0.25) is 0 Å². The Labute approximate surface area is 91.8 Å². The number of carbonyl (C=O) groups is 1. The molecule has 0 aromatic heterocycles. The third-order valence-electron chi connectivity index (χ3n) is 2.28. The van der Waals surface area contributed by atoms with Crippen molar-refractivity contribution in [2.24, 2.45) is 0 Å². The predicted molar refractivity (Wildman–Crippen MR) is 59.3 cm³/mol. The molecule has 0 aromatic carbocycles. The molecule has 1 unspecified atom stereocenters. The molecular formula is C12H19NO2. The Morgan fingerprint density at radius 2 is 2.20 bits per heavy atom. The standard InChI is InChI=1S/C12H19NO2/c1-5-13-9-8-10(13)6-7-11(14)15-12(2,3)4/h10H,5,8-9H2,1-4H3. The van der Waals surface area contributed by atoms with Gasteiger partial charge >= 0.3 is 5.97 Å². The molecule has 0 saturated carbocycles. The maximum absolute atomic E-state index is 11.3. The van der Waals surface area contributed by atoms with Crippen molar-refractivity contribution in [2.75, 3.05) is 13.1 Å². The molecule has 1 fully saturated rings. The first-order valence-electron chi connectivity index (χ1n) is 5.41. The van der Waals surface area contributed by atoms with Crippen LogP contribution in [-0.4, -0.2) is 35.6 Å². The minimum Gasteiger partial charge on any atom is -0.450 e. The van der Waals surface area contributed by atoms with Crippen LogP contribution < -0.4 is 0 Å². The van der Waals surface area contributed by atoms with E-state index in [-0.39, 0.29) is 6.04 Å². The number of nitrogens with zero attached hydrogens (tertiary/aromatic N) is 1. The number of ether oxygens (including phenoxy) is 1. The molecule has 0 spiro atoms. The van der Waals surface area contributed by atoms with Gasteiger partial charge in [0.15, 0.2) is 0 Å². The van der Waals surface area contributed by atoms with Gasteiger partial charge in [0.25, 0.3) is 0 Å². The summed E-state index contributed by atoms with van der Waals surface area (Å²) in [6.07, 6.45) is 1.06. The summed E-state index contributed by atoms with van der Waals surface area (Å²) in [6.45, 7) is 9.70. The van der Waals surface area contributed by atoms with Crippen molar-refractivity contribution in [1.82, 2.24) is 4.90 Å². The lowest BCUT2D eigenvalue weighted by molar-refractivity contribution is -0.147. The summed E-state index contributed by atoms with van der Waals surface area (Å²) in [6, 6.07) is 0.252. The zero-order valence-corrected chi connectivity index (χ0v) is 9.96. The van der Waals surface area contributed by atoms with Crippen molar-refractivity contribution in [3.63, 3.8) is 0 Å². The second-order valence-electron chi connectivity index (χ2n) is 4.70. The Bertz CT molecular complexity index is 291. The lowest BCUT2D eigenvalue weighted by Crippen LogP contribution is -2.46. The van der Waals surface area contributed by atoms with Gasteiger partial charge in [0.05, 0.1) is 6.04 Å². The number of likely N-dealkylation sites (tertiary alicyclic amines) is 1. The first-order chi connectivity index (χ1) is 6.92. The molecule has 3 heteroatoms. The van der Waals surface area contributed by atoms with Crippen LogP contribution in [0.25, 0.3) is 0 Å². The van der Waals surface area contributed by atoms with Gasteiger partial charge in [-0.3, -0.25) is 4.90 Å². The Balaban J connectivity index is 2.41. The normalized spacial score (nSPS) is 21.2. The molecule has 1 aliphatic rings. The monoisotopic (exact) mass is 209 g/mol. The van der Waals surface area contributed by atoms with E-state index in [1.807, 2.05) is 20.8 Å². The molecule has 1 saturated heterocycles. The summed E-state index contributed by atoms with van der Waals surface area (Å²) in [4.78, 5) is 13.5. The van der Waals surface area contributed by atoms with Crippen molar-refractivity contribution in [3.8, 4) is 11.8 Å². The molecule has 1 heterocycles. The van der Waals surface area contributed by atoms with Crippen LogP contribution in [-0.2, 0) is 9.53 Å². The SMILES string of the molecule is CCN1CCC1C#CC(=O)OC(C)(C)C. The third-order valence-corrected chi connectivity index (χ3v) is 2.28. The summed E-state index contributed by atoms with van der Waals surface area (Å²) in [5, 5.41) is 0. The van der Waals surface area contributed by atoms with E-state index in [0.717, 1.165) is 19.5 Å². The van der Waals surface area contributed by atoms with Crippen LogP contribution in [0, 0.1) is 11.8 Å². The lowest BCUT2D eigenvalue weighted by Gasteiger charge is -2.36. The number of carbonyl (C=O) groups excluding carboxylic acids is 1. The van der Waals surface area contributed by atoms with E-state index < -0.39 is 11.6 Å². The molecule has 0 aromatic rings. The lowest BCUT2D eigenvalue weighted by atomic mass is 10.0. The van der Waals surface area contributed by atoms with Gasteiger partial charge < -0.3 is 4.74 Å². The van der Waals surface area contributed by atoms with Gasteiger partial charge in [-0.1, -0.05) is 12.8 Å². The van der Waals surface area contributed by atoms with E-state index in [1.54, 1.807) is 0 Å². The average Bonchev–Trinajstić information content (AvgIpc) is 1.99. The fourth-order valence-electron chi connectivity index (χ4n) is 1.43. The summed E-state index contributed by atoms with van der Waals surface area (Å²) >= 11 is 0. The van der Waals surface area contributed by atoms with Gasteiger partial charge in [-0.05, 0) is 33.7 Å². The molecule has 0 amide bonds. The molecule has 0 radical (unpaired) electrons. The first-order valence-corrected chi connectivity index (χ1v) is 5.41. The largest absolute Gasteiger partial charge is 0.450 e. The molecule has 3 nitrogen and oxygen atoms in total. The van der Waals surface area contributed by atoms with E-state index in [9.17, 15) is 4.79 Å². The van der Waals surface area contributed by atoms with Crippen LogP contribution in [0.15, 0.2) is 0 Å². The molecular weight excluding hydrogens is 190 g/mol. The van der Waals surface area contributed by atoms with E-state index in [1.165, 1.54) is 0 Å². The Morgan fingerprint density at radius 3 is 2.60 bits per heavy atom. The molecule has 15 heavy (non-hydrogen) atoms. The van der Waals surface area contributed by atoms with Crippen LogP contribution in [0.5, 0.6) is 0 Å². The number of esters is 1. The first kappa shape index (κ1) is 12.1. The molecule has 1 aliphatic heterocycles. The fraction of sp³-hybridized carbons (Fsp3) is 0.750. The van der Waals surface area contributed by atoms with Gasteiger partial charge in [0.1, 0.15) is 5.60 Å². The van der Waals surface area contributed by atoms with Gasteiger partial charge in [-0.25, -0.2) is 4.79 Å². The van der Waals surface area contributed by atoms with Gasteiger partial charge in [-0.2, -0.15) is 0 Å². The Hall–Kier alpha value is -1.01. The minimum absolute atomic E-state index is 0.252. The smallest absolute Gasteiger partial charge is 0.384 e. The topological polar surface area (TPSA) is 29.5 Å². The Morgan fingerprint density at radius 1 is 1.53 bits per heavy atom. The van der Waals surface area contributed by atoms with Crippen LogP contribution in [0.3, 0.4) is 0 Å². The summed E-state index contributed by atoms with van der Waals surface area (Å²) in [5.41, 5.74) is -0.449. The number of rotatable bonds is 1. The van der Waals surface area contributed by atoms with E-state index in [0.29, 0.717) is 0 Å². The average molecular weight is 209 g/mol. The quantitative estimate of drug-likeness (QED) is 0.372. The van der Waals surface area contributed by atoms with Crippen molar-refractivity contribution in [2.45, 2.75) is 45.8 Å². The summed E-state index contributed by atoms with van der Waals surface area (Å²) < 4.78 is 5.09. The van der Waals surface area contributed by atoms with Gasteiger partial charge in [-0.15, -0.1) is 0 Å². The van der Waals surface area contributed by atoms with Gasteiger partial charge in [0, 0.05) is 12.5 Å². The Kier molecular flexibility index (Phi) is 3.76. The molecule has 84 valence electrons. The summed E-state index contributed by atoms with van der Waals surface area (Å²) in [7, 11) is 0. The second kappa shape index (κ2) is 4.67. The molecule has 0 N–H and O–H groups in total. The van der Waals surface area contributed by atoms with E-state index in [4.69, 9.17) is 4.74 Å². The van der Waals surface area contributed by atoms with Gasteiger partial charge in [0.2, 0.25) is 0 Å². The van der Waals surface area contributed by atoms with Crippen molar-refractivity contribution in [1.29, 1.82) is 0 Å². The number of hydrogen-bond acceptors (Lipinski definition) is 3. The highest BCUT2D eigenvalue weighted by Gasteiger charge is 2.24.